The minimum atomic E-state index is -0.941. The van der Waals surface area contributed by atoms with Crippen LogP contribution in [0.3, 0.4) is 0 Å². The van der Waals surface area contributed by atoms with E-state index in [1.165, 1.54) is 0 Å². The van der Waals surface area contributed by atoms with Crippen LogP contribution in [0.1, 0.15) is 25.7 Å². The Morgan fingerprint density at radius 2 is 2.11 bits per heavy atom. The Bertz CT molecular complexity index is 310. The number of carboxylic acids is 2. The molecule has 7 heteroatoms. The summed E-state index contributed by atoms with van der Waals surface area (Å²) in [6.07, 6.45) is 2.34. The van der Waals surface area contributed by atoms with Crippen LogP contribution in [0.4, 0.5) is 0 Å². The van der Waals surface area contributed by atoms with Crippen molar-refractivity contribution in [1.82, 2.24) is 10.2 Å². The summed E-state index contributed by atoms with van der Waals surface area (Å²) in [4.78, 5) is 23.9. The lowest BCUT2D eigenvalue weighted by Crippen LogP contribution is -2.43. The molecular formula is C12H22N2O5. The van der Waals surface area contributed by atoms with Crippen molar-refractivity contribution in [3.05, 3.63) is 0 Å². The molecular weight excluding hydrogens is 252 g/mol. The van der Waals surface area contributed by atoms with Crippen LogP contribution in [0, 0.1) is 0 Å². The van der Waals surface area contributed by atoms with E-state index in [0.29, 0.717) is 38.9 Å². The monoisotopic (exact) mass is 274 g/mol. The van der Waals surface area contributed by atoms with E-state index < -0.39 is 24.0 Å². The van der Waals surface area contributed by atoms with Crippen LogP contribution in [-0.2, 0) is 9.59 Å². The first-order chi connectivity index (χ1) is 9.06. The molecule has 7 nitrogen and oxygen atoms in total. The van der Waals surface area contributed by atoms with Gasteiger partial charge in [0.05, 0.1) is 0 Å². The summed E-state index contributed by atoms with van der Waals surface area (Å²) in [5.74, 6) is -1.78. The highest BCUT2D eigenvalue weighted by molar-refractivity contribution is 5.74. The third-order valence-corrected chi connectivity index (χ3v) is 3.38. The number of carbonyl (C=O) groups is 2. The second kappa shape index (κ2) is 8.08. The van der Waals surface area contributed by atoms with E-state index in [0.717, 1.165) is 6.42 Å². The largest absolute Gasteiger partial charge is 0.480 e. The van der Waals surface area contributed by atoms with Gasteiger partial charge in [-0.1, -0.05) is 0 Å². The Morgan fingerprint density at radius 1 is 1.37 bits per heavy atom. The van der Waals surface area contributed by atoms with Gasteiger partial charge in [0.1, 0.15) is 12.1 Å². The van der Waals surface area contributed by atoms with Crippen LogP contribution in [0.15, 0.2) is 0 Å². The van der Waals surface area contributed by atoms with Crippen molar-refractivity contribution >= 4 is 11.9 Å². The minimum Gasteiger partial charge on any atom is -0.480 e. The van der Waals surface area contributed by atoms with E-state index in [1.54, 1.807) is 0 Å². The summed E-state index contributed by atoms with van der Waals surface area (Å²) in [6.45, 7) is 1.63. The molecule has 0 radical (unpaired) electrons. The van der Waals surface area contributed by atoms with Gasteiger partial charge in [-0.2, -0.15) is 0 Å². The molecule has 0 spiro atoms. The molecule has 4 N–H and O–H groups in total. The third kappa shape index (κ3) is 5.14. The molecule has 1 fully saturated rings. The Morgan fingerprint density at radius 3 is 2.68 bits per heavy atom. The van der Waals surface area contributed by atoms with Crippen molar-refractivity contribution in [2.45, 2.75) is 37.8 Å². The zero-order chi connectivity index (χ0) is 14.3. The topological polar surface area (TPSA) is 110 Å². The molecule has 0 aromatic carbocycles. The summed E-state index contributed by atoms with van der Waals surface area (Å²) in [5.41, 5.74) is 0. The van der Waals surface area contributed by atoms with Crippen LogP contribution in [0.25, 0.3) is 0 Å². The number of hydrogen-bond donors (Lipinski definition) is 4. The smallest absolute Gasteiger partial charge is 0.320 e. The number of aliphatic hydroxyl groups is 1. The summed E-state index contributed by atoms with van der Waals surface area (Å²) in [7, 11) is 0. The average molecular weight is 274 g/mol. The average Bonchev–Trinajstić information content (AvgIpc) is 2.81. The maximum absolute atomic E-state index is 11.1. The van der Waals surface area contributed by atoms with Crippen molar-refractivity contribution in [1.29, 1.82) is 0 Å². The standard InChI is InChI=1S/C12H22N2O5/c15-8-2-5-13-9(11(16)17)4-7-14-6-1-3-10(14)12(18)19/h9-10,13,15H,1-8H2,(H,16,17)(H,18,19). The van der Waals surface area contributed by atoms with Crippen molar-refractivity contribution in [3.63, 3.8) is 0 Å². The number of nitrogens with zero attached hydrogens (tertiary/aromatic N) is 1. The SMILES string of the molecule is O=C(O)C(CCN1CCCC1C(=O)O)NCCCO. The number of hydrogen-bond acceptors (Lipinski definition) is 5. The third-order valence-electron chi connectivity index (χ3n) is 3.38. The fourth-order valence-electron chi connectivity index (χ4n) is 2.34. The Kier molecular flexibility index (Phi) is 6.75. The van der Waals surface area contributed by atoms with Crippen LogP contribution in [0.2, 0.25) is 0 Å². The molecule has 0 bridgehead atoms. The van der Waals surface area contributed by atoms with E-state index in [4.69, 9.17) is 15.3 Å². The van der Waals surface area contributed by atoms with Gasteiger partial charge in [0.25, 0.3) is 0 Å². The van der Waals surface area contributed by atoms with Crippen molar-refractivity contribution in [3.8, 4) is 0 Å². The van der Waals surface area contributed by atoms with Gasteiger partial charge >= 0.3 is 11.9 Å². The van der Waals surface area contributed by atoms with Gasteiger partial charge in [0.15, 0.2) is 0 Å². The first-order valence-corrected chi connectivity index (χ1v) is 6.60. The molecule has 1 rings (SSSR count). The quantitative estimate of drug-likeness (QED) is 0.414. The van der Waals surface area contributed by atoms with Crippen LogP contribution in [-0.4, -0.2) is 70.5 Å². The second-order valence-corrected chi connectivity index (χ2v) is 4.74. The number of carboxylic acid groups (broad SMARTS) is 2. The molecule has 110 valence electrons. The van der Waals surface area contributed by atoms with Crippen LogP contribution < -0.4 is 5.32 Å². The zero-order valence-electron chi connectivity index (χ0n) is 10.9. The molecule has 2 atom stereocenters. The van der Waals surface area contributed by atoms with Gasteiger partial charge in [0, 0.05) is 13.2 Å². The lowest BCUT2D eigenvalue weighted by molar-refractivity contribution is -0.142. The molecule has 1 saturated heterocycles. The number of aliphatic hydroxyl groups excluding tert-OH is 1. The molecule has 1 aliphatic heterocycles. The fourth-order valence-corrected chi connectivity index (χ4v) is 2.34. The first-order valence-electron chi connectivity index (χ1n) is 6.60. The van der Waals surface area contributed by atoms with E-state index in [-0.39, 0.29) is 6.61 Å². The van der Waals surface area contributed by atoms with Gasteiger partial charge in [0.2, 0.25) is 0 Å². The number of likely N-dealkylation sites (tertiary alicyclic amines) is 1. The van der Waals surface area contributed by atoms with Crippen molar-refractivity contribution in [2.24, 2.45) is 0 Å². The van der Waals surface area contributed by atoms with E-state index in [1.807, 2.05) is 4.90 Å². The Labute approximate surface area is 112 Å². The maximum atomic E-state index is 11.1. The van der Waals surface area contributed by atoms with Crippen LogP contribution in [0.5, 0.6) is 0 Å². The van der Waals surface area contributed by atoms with Crippen molar-refractivity contribution in [2.75, 3.05) is 26.2 Å². The summed E-state index contributed by atoms with van der Waals surface area (Å²) in [5, 5.41) is 29.6. The number of aliphatic carboxylic acids is 2. The van der Waals surface area contributed by atoms with Gasteiger partial charge in [-0.3, -0.25) is 14.5 Å². The van der Waals surface area contributed by atoms with Crippen molar-refractivity contribution < 1.29 is 24.9 Å². The van der Waals surface area contributed by atoms with E-state index >= 15 is 0 Å². The molecule has 0 aromatic heterocycles. The first kappa shape index (κ1) is 15.9. The second-order valence-electron chi connectivity index (χ2n) is 4.74. The highest BCUT2D eigenvalue weighted by Crippen LogP contribution is 2.17. The zero-order valence-corrected chi connectivity index (χ0v) is 10.9. The Hall–Kier alpha value is -1.18. The molecule has 0 saturated carbocycles. The lowest BCUT2D eigenvalue weighted by atomic mass is 10.1. The number of rotatable bonds is 9. The molecule has 1 heterocycles. The highest BCUT2D eigenvalue weighted by Gasteiger charge is 2.31. The normalized spacial score (nSPS) is 21.4. The predicted molar refractivity (Wildman–Crippen MR) is 68.0 cm³/mol. The minimum absolute atomic E-state index is 0.0204. The molecule has 1 aliphatic rings. The molecule has 19 heavy (non-hydrogen) atoms. The van der Waals surface area contributed by atoms with E-state index in [2.05, 4.69) is 5.32 Å². The summed E-state index contributed by atoms with van der Waals surface area (Å²) < 4.78 is 0. The molecule has 0 aromatic rings. The van der Waals surface area contributed by atoms with Gasteiger partial charge in [-0.15, -0.1) is 0 Å². The van der Waals surface area contributed by atoms with Gasteiger partial charge in [-0.05, 0) is 38.8 Å². The number of nitrogens with one attached hydrogen (secondary N) is 1. The molecule has 2 unspecified atom stereocenters. The summed E-state index contributed by atoms with van der Waals surface area (Å²) >= 11 is 0. The highest BCUT2D eigenvalue weighted by atomic mass is 16.4. The van der Waals surface area contributed by atoms with Crippen LogP contribution >= 0.6 is 0 Å². The predicted octanol–water partition coefficient (Wildman–Crippen LogP) is -0.649. The molecule has 0 aliphatic carbocycles. The lowest BCUT2D eigenvalue weighted by Gasteiger charge is -2.23. The molecule has 0 amide bonds. The van der Waals surface area contributed by atoms with E-state index in [9.17, 15) is 9.59 Å². The van der Waals surface area contributed by atoms with Gasteiger partial charge in [-0.25, -0.2) is 0 Å². The summed E-state index contributed by atoms with van der Waals surface area (Å²) in [6, 6.07) is -1.17. The van der Waals surface area contributed by atoms with Gasteiger partial charge < -0.3 is 20.6 Å². The maximum Gasteiger partial charge on any atom is 0.320 e. The fraction of sp³-hybridized carbons (Fsp3) is 0.833. The Balaban J connectivity index is 2.38.